The summed E-state index contributed by atoms with van der Waals surface area (Å²) in [5, 5.41) is 4.09. The highest BCUT2D eigenvalue weighted by Crippen LogP contribution is 2.58. The maximum Gasteiger partial charge on any atom is 0.277 e. The zero-order valence-corrected chi connectivity index (χ0v) is 14.0. The molecule has 23 heavy (non-hydrogen) atoms. The summed E-state index contributed by atoms with van der Waals surface area (Å²) in [5.41, 5.74) is 5.27. The lowest BCUT2D eigenvalue weighted by atomic mass is 9.49. The Morgan fingerprint density at radius 3 is 3.00 bits per heavy atom. The predicted molar refractivity (Wildman–Crippen MR) is 91.4 cm³/mol. The van der Waals surface area contributed by atoms with Gasteiger partial charge in [0.2, 0.25) is 0 Å². The zero-order chi connectivity index (χ0) is 16.4. The van der Waals surface area contributed by atoms with Gasteiger partial charge in [0.1, 0.15) is 5.75 Å². The fourth-order valence-electron chi connectivity index (χ4n) is 3.61. The predicted octanol–water partition coefficient (Wildman–Crippen LogP) is 3.47. The van der Waals surface area contributed by atoms with E-state index in [1.807, 2.05) is 31.2 Å². The number of nitrogens with zero attached hydrogens (tertiary/aromatic N) is 1. The fourth-order valence-corrected chi connectivity index (χ4v) is 3.61. The molecule has 2 atom stereocenters. The quantitative estimate of drug-likeness (QED) is 0.668. The van der Waals surface area contributed by atoms with Crippen molar-refractivity contribution in [1.82, 2.24) is 5.43 Å². The topological polar surface area (TPSA) is 50.7 Å². The van der Waals surface area contributed by atoms with Gasteiger partial charge in [-0.3, -0.25) is 4.79 Å². The van der Waals surface area contributed by atoms with Gasteiger partial charge in [0.25, 0.3) is 5.91 Å². The van der Waals surface area contributed by atoms with Gasteiger partial charge in [-0.15, -0.1) is 0 Å². The van der Waals surface area contributed by atoms with Gasteiger partial charge < -0.3 is 4.74 Å². The molecule has 0 aliphatic heterocycles. The van der Waals surface area contributed by atoms with Crippen molar-refractivity contribution in [2.24, 2.45) is 22.4 Å². The van der Waals surface area contributed by atoms with E-state index < -0.39 is 0 Å². The third-order valence-electron chi connectivity index (χ3n) is 5.27. The molecule has 1 amide bonds. The van der Waals surface area contributed by atoms with Crippen molar-refractivity contribution in [3.63, 3.8) is 0 Å². The van der Waals surface area contributed by atoms with Gasteiger partial charge in [-0.05, 0) is 60.3 Å². The van der Waals surface area contributed by atoms with Gasteiger partial charge >= 0.3 is 0 Å². The van der Waals surface area contributed by atoms with E-state index in [-0.39, 0.29) is 12.5 Å². The van der Waals surface area contributed by atoms with Gasteiger partial charge in [-0.25, -0.2) is 5.43 Å². The number of hydrogen-bond acceptors (Lipinski definition) is 3. The summed E-state index contributed by atoms with van der Waals surface area (Å²) in [6.07, 6.45) is 6.42. The minimum Gasteiger partial charge on any atom is -0.484 e. The normalized spacial score (nSPS) is 24.7. The minimum atomic E-state index is -0.245. The van der Waals surface area contributed by atoms with Crippen LogP contribution in [0.2, 0.25) is 0 Å². The molecule has 2 unspecified atom stereocenters. The summed E-state index contributed by atoms with van der Waals surface area (Å²) in [5.74, 6) is 1.83. The first-order valence-corrected chi connectivity index (χ1v) is 8.18. The zero-order valence-electron chi connectivity index (χ0n) is 14.0. The molecule has 1 N–H and O–H groups in total. The van der Waals surface area contributed by atoms with E-state index in [0.29, 0.717) is 17.1 Å². The lowest BCUT2D eigenvalue weighted by Gasteiger charge is -2.55. The number of ether oxygens (including phenoxy) is 1. The van der Waals surface area contributed by atoms with E-state index in [2.05, 4.69) is 30.5 Å². The highest BCUT2D eigenvalue weighted by atomic mass is 16.5. The van der Waals surface area contributed by atoms with Gasteiger partial charge in [-0.2, -0.15) is 5.10 Å². The largest absolute Gasteiger partial charge is 0.484 e. The van der Waals surface area contributed by atoms with E-state index in [1.165, 1.54) is 12.0 Å². The highest BCUT2D eigenvalue weighted by Gasteiger charge is 2.50. The number of allylic oxidation sites excluding steroid dienone is 2. The van der Waals surface area contributed by atoms with Crippen molar-refractivity contribution >= 4 is 12.1 Å². The summed E-state index contributed by atoms with van der Waals surface area (Å²) in [6.45, 7) is 6.60. The summed E-state index contributed by atoms with van der Waals surface area (Å²) in [6, 6.07) is 7.63. The SMILES string of the molecule is Cc1cccc(OCC(=O)NN=CC2=CCC3CC2C3(C)C)c1. The average molecular weight is 312 g/mol. The smallest absolute Gasteiger partial charge is 0.277 e. The van der Waals surface area contributed by atoms with Crippen LogP contribution in [0.5, 0.6) is 5.75 Å². The van der Waals surface area contributed by atoms with Crippen molar-refractivity contribution < 1.29 is 9.53 Å². The molecule has 2 bridgehead atoms. The van der Waals surface area contributed by atoms with Crippen LogP contribution in [-0.4, -0.2) is 18.7 Å². The number of amides is 1. The maximum atomic E-state index is 11.8. The Morgan fingerprint density at radius 1 is 1.48 bits per heavy atom. The van der Waals surface area contributed by atoms with Crippen molar-refractivity contribution in [1.29, 1.82) is 0 Å². The molecule has 0 spiro atoms. The first kappa shape index (κ1) is 15.8. The third kappa shape index (κ3) is 3.31. The van der Waals surface area contributed by atoms with Crippen LogP contribution >= 0.6 is 0 Å². The number of carbonyl (C=O) groups excluding carboxylic acids is 1. The molecule has 4 heteroatoms. The molecule has 0 radical (unpaired) electrons. The van der Waals surface area contributed by atoms with Crippen LogP contribution in [0.4, 0.5) is 0 Å². The monoisotopic (exact) mass is 312 g/mol. The maximum absolute atomic E-state index is 11.8. The van der Waals surface area contributed by atoms with Gasteiger partial charge in [0.05, 0.1) is 6.21 Å². The first-order valence-electron chi connectivity index (χ1n) is 8.18. The molecule has 0 heterocycles. The summed E-state index contributed by atoms with van der Waals surface area (Å²) in [7, 11) is 0. The Hall–Kier alpha value is -2.10. The number of carbonyl (C=O) groups is 1. The minimum absolute atomic E-state index is 0.0309. The first-order chi connectivity index (χ1) is 11.0. The summed E-state index contributed by atoms with van der Waals surface area (Å²) < 4.78 is 5.45. The Balaban J connectivity index is 1.47. The van der Waals surface area contributed by atoms with Crippen LogP contribution in [0.25, 0.3) is 0 Å². The number of hydrazone groups is 1. The molecule has 3 aliphatic rings. The van der Waals surface area contributed by atoms with Gasteiger partial charge in [0, 0.05) is 0 Å². The van der Waals surface area contributed by atoms with Crippen LogP contribution in [-0.2, 0) is 4.79 Å². The van der Waals surface area contributed by atoms with E-state index in [9.17, 15) is 4.79 Å². The Bertz CT molecular complexity index is 661. The molecular weight excluding hydrogens is 288 g/mol. The Kier molecular flexibility index (Phi) is 4.24. The van der Waals surface area contributed by atoms with Crippen molar-refractivity contribution in [3.05, 3.63) is 41.5 Å². The lowest BCUT2D eigenvalue weighted by Crippen LogP contribution is -2.48. The molecule has 1 fully saturated rings. The number of benzene rings is 1. The third-order valence-corrected chi connectivity index (χ3v) is 5.27. The molecule has 3 aliphatic carbocycles. The van der Waals surface area contributed by atoms with E-state index in [1.54, 1.807) is 6.21 Å². The number of fused-ring (bicyclic) bond motifs is 1. The second kappa shape index (κ2) is 6.19. The number of hydrogen-bond donors (Lipinski definition) is 1. The van der Waals surface area contributed by atoms with Gasteiger partial charge in [0.15, 0.2) is 6.61 Å². The number of aryl methyl sites for hydroxylation is 1. The number of rotatable bonds is 5. The summed E-state index contributed by atoms with van der Waals surface area (Å²) in [4.78, 5) is 11.8. The van der Waals surface area contributed by atoms with Crippen LogP contribution in [0, 0.1) is 24.2 Å². The molecular formula is C19H24N2O2. The highest BCUT2D eigenvalue weighted by molar-refractivity contribution is 5.83. The van der Waals surface area contributed by atoms with Crippen LogP contribution in [0.3, 0.4) is 0 Å². The molecule has 4 nitrogen and oxygen atoms in total. The second-order valence-corrected chi connectivity index (χ2v) is 7.14. The average Bonchev–Trinajstić information content (AvgIpc) is 2.53. The Morgan fingerprint density at radius 2 is 2.30 bits per heavy atom. The van der Waals surface area contributed by atoms with Crippen molar-refractivity contribution in [2.75, 3.05) is 6.61 Å². The lowest BCUT2D eigenvalue weighted by molar-refractivity contribution is -0.123. The van der Waals surface area contributed by atoms with Crippen LogP contribution < -0.4 is 10.2 Å². The molecule has 122 valence electrons. The molecule has 4 rings (SSSR count). The van der Waals surface area contributed by atoms with E-state index in [4.69, 9.17) is 4.74 Å². The van der Waals surface area contributed by atoms with E-state index in [0.717, 1.165) is 17.9 Å². The van der Waals surface area contributed by atoms with Crippen molar-refractivity contribution in [2.45, 2.75) is 33.6 Å². The molecule has 1 aromatic rings. The molecule has 0 aromatic heterocycles. The molecule has 1 aromatic carbocycles. The molecule has 0 saturated heterocycles. The van der Waals surface area contributed by atoms with Crippen LogP contribution in [0.15, 0.2) is 41.0 Å². The van der Waals surface area contributed by atoms with Crippen LogP contribution in [0.1, 0.15) is 32.3 Å². The molecule has 1 saturated carbocycles. The standard InChI is InChI=1S/C19H24N2O2/c1-13-5-4-6-16(9-13)23-12-18(22)21-20-11-14-7-8-15-10-17(14)19(15,2)3/h4-7,9,11,15,17H,8,10,12H2,1-3H3,(H,21,22). The second-order valence-electron chi connectivity index (χ2n) is 7.14. The summed E-state index contributed by atoms with van der Waals surface area (Å²) >= 11 is 0. The van der Waals surface area contributed by atoms with Crippen molar-refractivity contribution in [3.8, 4) is 5.75 Å². The van der Waals surface area contributed by atoms with E-state index >= 15 is 0 Å². The fraction of sp³-hybridized carbons (Fsp3) is 0.474. The Labute approximate surface area is 137 Å². The van der Waals surface area contributed by atoms with Gasteiger partial charge in [-0.1, -0.05) is 32.1 Å². The number of nitrogens with one attached hydrogen (secondary N) is 1.